The molecule has 8 heteroatoms. The summed E-state index contributed by atoms with van der Waals surface area (Å²) in [6.45, 7) is 7.64. The summed E-state index contributed by atoms with van der Waals surface area (Å²) < 4.78 is 6.12. The second-order valence-corrected chi connectivity index (χ2v) is 11.4. The van der Waals surface area contributed by atoms with Gasteiger partial charge in [0.05, 0.1) is 11.6 Å². The molecule has 0 N–H and O–H groups in total. The maximum Gasteiger partial charge on any atom is 0.225 e. The maximum absolute atomic E-state index is 13.7. The number of nitrogens with zero attached hydrogens (tertiary/aromatic N) is 4. The number of hydrogen-bond acceptors (Lipinski definition) is 5. The fourth-order valence-corrected chi connectivity index (χ4v) is 5.75. The highest BCUT2D eigenvalue weighted by molar-refractivity contribution is 6.30. The first-order chi connectivity index (χ1) is 17.8. The lowest BCUT2D eigenvalue weighted by Gasteiger charge is -2.34. The van der Waals surface area contributed by atoms with Crippen molar-refractivity contribution in [3.8, 4) is 5.88 Å². The van der Waals surface area contributed by atoms with Gasteiger partial charge in [-0.2, -0.15) is 0 Å². The SMILES string of the molecule is Cc1ccc(N2CCC(C(=O)N3CC(c4ccc(Cl)cc4)C(C)(COc4ccc(Cl)cn4)C3)CC2)nc1. The summed E-state index contributed by atoms with van der Waals surface area (Å²) in [5, 5.41) is 1.27. The van der Waals surface area contributed by atoms with Gasteiger partial charge < -0.3 is 14.5 Å². The Balaban J connectivity index is 1.28. The molecule has 2 atom stereocenters. The van der Waals surface area contributed by atoms with Crippen molar-refractivity contribution < 1.29 is 9.53 Å². The van der Waals surface area contributed by atoms with E-state index in [1.54, 1.807) is 18.3 Å². The van der Waals surface area contributed by atoms with Crippen LogP contribution in [0.2, 0.25) is 10.0 Å². The van der Waals surface area contributed by atoms with Crippen molar-refractivity contribution in [1.82, 2.24) is 14.9 Å². The van der Waals surface area contributed by atoms with Crippen molar-refractivity contribution in [3.63, 3.8) is 0 Å². The number of anilines is 1. The molecule has 5 rings (SSSR count). The first kappa shape index (κ1) is 25.8. The summed E-state index contributed by atoms with van der Waals surface area (Å²) in [6.07, 6.45) is 5.14. The molecule has 2 aromatic heterocycles. The second kappa shape index (κ2) is 10.9. The van der Waals surface area contributed by atoms with Crippen LogP contribution in [0.1, 0.15) is 36.8 Å². The number of benzene rings is 1. The third-order valence-corrected chi connectivity index (χ3v) is 8.17. The Hall–Kier alpha value is -2.83. The number of ether oxygens (including phenoxy) is 1. The van der Waals surface area contributed by atoms with E-state index in [9.17, 15) is 4.79 Å². The first-order valence-electron chi connectivity index (χ1n) is 12.8. The molecule has 194 valence electrons. The van der Waals surface area contributed by atoms with Crippen LogP contribution in [0.4, 0.5) is 5.82 Å². The molecule has 2 unspecified atom stereocenters. The molecule has 0 spiro atoms. The molecule has 6 nitrogen and oxygen atoms in total. The van der Waals surface area contributed by atoms with E-state index in [0.29, 0.717) is 35.6 Å². The number of carbonyl (C=O) groups excluding carboxylic acids is 1. The number of halogens is 2. The molecule has 2 fully saturated rings. The summed E-state index contributed by atoms with van der Waals surface area (Å²) in [5.74, 6) is 1.90. The normalized spacial score (nSPS) is 22.3. The molecule has 0 radical (unpaired) electrons. The number of aryl methyl sites for hydroxylation is 1. The predicted molar refractivity (Wildman–Crippen MR) is 148 cm³/mol. The van der Waals surface area contributed by atoms with Gasteiger partial charge in [-0.05, 0) is 55.2 Å². The fraction of sp³-hybridized carbons (Fsp3) is 0.414. The fourth-order valence-electron chi connectivity index (χ4n) is 5.52. The van der Waals surface area contributed by atoms with Crippen molar-refractivity contribution in [2.24, 2.45) is 11.3 Å². The Morgan fingerprint density at radius 1 is 1.00 bits per heavy atom. The van der Waals surface area contributed by atoms with Crippen molar-refractivity contribution in [2.45, 2.75) is 32.6 Å². The number of rotatable bonds is 6. The average molecular weight is 540 g/mol. The number of piperidine rings is 1. The minimum absolute atomic E-state index is 0.0220. The van der Waals surface area contributed by atoms with E-state index in [1.165, 1.54) is 0 Å². The molecular weight excluding hydrogens is 507 g/mol. The van der Waals surface area contributed by atoms with Gasteiger partial charge >= 0.3 is 0 Å². The molecule has 2 aliphatic rings. The monoisotopic (exact) mass is 538 g/mol. The van der Waals surface area contributed by atoms with Gasteiger partial charge in [0, 0.05) is 66.9 Å². The van der Waals surface area contributed by atoms with Crippen LogP contribution in [0, 0.1) is 18.3 Å². The van der Waals surface area contributed by atoms with Crippen molar-refractivity contribution >= 4 is 34.9 Å². The molecule has 0 bridgehead atoms. The number of likely N-dealkylation sites (tertiary alicyclic amines) is 1. The van der Waals surface area contributed by atoms with Gasteiger partial charge in [-0.1, -0.05) is 48.3 Å². The van der Waals surface area contributed by atoms with Crippen molar-refractivity contribution in [3.05, 3.63) is 82.1 Å². The zero-order chi connectivity index (χ0) is 26.0. The van der Waals surface area contributed by atoms with E-state index in [0.717, 1.165) is 42.9 Å². The highest BCUT2D eigenvalue weighted by atomic mass is 35.5. The van der Waals surface area contributed by atoms with E-state index < -0.39 is 0 Å². The molecule has 1 amide bonds. The third-order valence-electron chi connectivity index (χ3n) is 7.69. The van der Waals surface area contributed by atoms with Crippen LogP contribution in [0.3, 0.4) is 0 Å². The minimum Gasteiger partial charge on any atom is -0.477 e. The Morgan fingerprint density at radius 3 is 2.38 bits per heavy atom. The summed E-state index contributed by atoms with van der Waals surface area (Å²) in [4.78, 5) is 26.9. The van der Waals surface area contributed by atoms with Gasteiger partial charge in [-0.25, -0.2) is 9.97 Å². The van der Waals surface area contributed by atoms with Gasteiger partial charge in [0.15, 0.2) is 0 Å². The van der Waals surface area contributed by atoms with Gasteiger partial charge in [-0.15, -0.1) is 0 Å². The molecule has 4 heterocycles. The molecule has 1 aromatic carbocycles. The van der Waals surface area contributed by atoms with E-state index in [2.05, 4.69) is 46.1 Å². The van der Waals surface area contributed by atoms with Crippen LogP contribution in [-0.4, -0.2) is 53.6 Å². The topological polar surface area (TPSA) is 58.6 Å². The van der Waals surface area contributed by atoms with Gasteiger partial charge in [0.2, 0.25) is 11.8 Å². The zero-order valence-corrected chi connectivity index (χ0v) is 22.8. The Kier molecular flexibility index (Phi) is 7.59. The molecule has 0 aliphatic carbocycles. The zero-order valence-electron chi connectivity index (χ0n) is 21.2. The van der Waals surface area contributed by atoms with Gasteiger partial charge in [0.1, 0.15) is 5.82 Å². The summed E-state index contributed by atoms with van der Waals surface area (Å²) in [7, 11) is 0. The summed E-state index contributed by atoms with van der Waals surface area (Å²) in [5.41, 5.74) is 2.03. The van der Waals surface area contributed by atoms with Gasteiger partial charge in [-0.3, -0.25) is 4.79 Å². The largest absolute Gasteiger partial charge is 0.477 e. The van der Waals surface area contributed by atoms with Gasteiger partial charge in [0.25, 0.3) is 0 Å². The Labute approximate surface area is 228 Å². The lowest BCUT2D eigenvalue weighted by molar-refractivity contribution is -0.135. The smallest absolute Gasteiger partial charge is 0.225 e. The van der Waals surface area contributed by atoms with Crippen LogP contribution in [0.15, 0.2) is 60.9 Å². The minimum atomic E-state index is -0.280. The predicted octanol–water partition coefficient (Wildman–Crippen LogP) is 6.02. The Morgan fingerprint density at radius 2 is 1.73 bits per heavy atom. The summed E-state index contributed by atoms with van der Waals surface area (Å²) in [6, 6.07) is 15.7. The van der Waals surface area contributed by atoms with Crippen LogP contribution in [0.5, 0.6) is 5.88 Å². The van der Waals surface area contributed by atoms with Crippen LogP contribution in [-0.2, 0) is 4.79 Å². The van der Waals surface area contributed by atoms with Crippen LogP contribution >= 0.6 is 23.2 Å². The van der Waals surface area contributed by atoms with Crippen LogP contribution < -0.4 is 9.64 Å². The number of carbonyl (C=O) groups is 1. The van der Waals surface area contributed by atoms with E-state index in [-0.39, 0.29) is 23.2 Å². The quantitative estimate of drug-likeness (QED) is 0.384. The first-order valence-corrected chi connectivity index (χ1v) is 13.5. The molecule has 37 heavy (non-hydrogen) atoms. The van der Waals surface area contributed by atoms with Crippen LogP contribution in [0.25, 0.3) is 0 Å². The van der Waals surface area contributed by atoms with Crippen molar-refractivity contribution in [1.29, 1.82) is 0 Å². The van der Waals surface area contributed by atoms with E-state index in [4.69, 9.17) is 27.9 Å². The number of hydrogen-bond donors (Lipinski definition) is 0. The second-order valence-electron chi connectivity index (χ2n) is 10.5. The standard InChI is InChI=1S/C29H32Cl2N4O2/c1-20-3-9-26(32-15-20)34-13-11-22(12-14-34)28(36)35-17-25(21-4-6-23(30)7-5-21)29(2,18-35)19-37-27-10-8-24(31)16-33-27/h3-10,15-16,22,25H,11-14,17-19H2,1-2H3. The lowest BCUT2D eigenvalue weighted by Crippen LogP contribution is -2.43. The number of aromatic nitrogens is 2. The summed E-state index contributed by atoms with van der Waals surface area (Å²) >= 11 is 12.2. The highest BCUT2D eigenvalue weighted by Gasteiger charge is 2.47. The Bertz CT molecular complexity index is 1210. The van der Waals surface area contributed by atoms with E-state index in [1.807, 2.05) is 30.2 Å². The molecule has 2 saturated heterocycles. The molecule has 3 aromatic rings. The highest BCUT2D eigenvalue weighted by Crippen LogP contribution is 2.44. The molecule has 0 saturated carbocycles. The van der Waals surface area contributed by atoms with Crippen molar-refractivity contribution in [2.75, 3.05) is 37.7 Å². The molecule has 2 aliphatic heterocycles. The molecular formula is C29H32Cl2N4O2. The number of pyridine rings is 2. The third kappa shape index (κ3) is 5.86. The van der Waals surface area contributed by atoms with E-state index >= 15 is 0 Å². The maximum atomic E-state index is 13.7. The lowest BCUT2D eigenvalue weighted by atomic mass is 9.77. The number of amides is 1. The average Bonchev–Trinajstić information content (AvgIpc) is 3.26.